The van der Waals surface area contributed by atoms with Crippen molar-refractivity contribution in [3.05, 3.63) is 17.8 Å². The number of carbonyl (C=O) groups excluding carboxylic acids is 2. The van der Waals surface area contributed by atoms with Gasteiger partial charge >= 0.3 is 5.97 Å². The lowest BCUT2D eigenvalue weighted by atomic mass is 10.1. The number of ether oxygens (including phenoxy) is 4. The third-order valence-electron chi connectivity index (χ3n) is 3.96. The Bertz CT molecular complexity index is 853. The predicted octanol–water partition coefficient (Wildman–Crippen LogP) is 2.65. The van der Waals surface area contributed by atoms with Gasteiger partial charge in [0.2, 0.25) is 0 Å². The molecule has 1 amide bonds. The summed E-state index contributed by atoms with van der Waals surface area (Å²) in [6, 6.07) is 3.32. The van der Waals surface area contributed by atoms with Gasteiger partial charge in [0.25, 0.3) is 5.91 Å². The summed E-state index contributed by atoms with van der Waals surface area (Å²) in [7, 11) is 4.55. The summed E-state index contributed by atoms with van der Waals surface area (Å²) in [6.07, 6.45) is -0.275. The van der Waals surface area contributed by atoms with Gasteiger partial charge in [-0.15, -0.1) is 0 Å². The Morgan fingerprint density at radius 2 is 1.67 bits per heavy atom. The number of hydrogen-bond donors (Lipinski definition) is 2. The van der Waals surface area contributed by atoms with E-state index in [9.17, 15) is 9.59 Å². The highest BCUT2D eigenvalue weighted by Gasteiger charge is 2.33. The van der Waals surface area contributed by atoms with Gasteiger partial charge in [-0.2, -0.15) is 0 Å². The summed E-state index contributed by atoms with van der Waals surface area (Å²) in [5, 5.41) is 3.34. The number of aromatic nitrogens is 1. The fourth-order valence-corrected chi connectivity index (χ4v) is 2.62. The molecule has 0 spiro atoms. The molecule has 1 aromatic carbocycles. The lowest BCUT2D eigenvalue weighted by Crippen LogP contribution is -2.51. The fraction of sp³-hybridized carbons (Fsp3) is 0.474. The lowest BCUT2D eigenvalue weighted by molar-refractivity contribution is -0.153. The van der Waals surface area contributed by atoms with Gasteiger partial charge < -0.3 is 29.2 Å². The minimum Gasteiger partial charge on any atom is -0.496 e. The number of hydrogen-bond acceptors (Lipinski definition) is 6. The molecule has 8 heteroatoms. The van der Waals surface area contributed by atoms with Crippen LogP contribution in [-0.4, -0.2) is 49.8 Å². The molecule has 2 N–H and O–H groups in total. The molecular formula is C19H26N2O6. The largest absolute Gasteiger partial charge is 0.496 e. The normalized spacial score (nSPS) is 11.4. The first-order valence-corrected chi connectivity index (χ1v) is 8.49. The Labute approximate surface area is 158 Å². The smallest absolute Gasteiger partial charge is 0.331 e. The van der Waals surface area contributed by atoms with Gasteiger partial charge in [-0.05, 0) is 33.8 Å². The van der Waals surface area contributed by atoms with Crippen LogP contribution < -0.4 is 19.5 Å². The number of amides is 1. The van der Waals surface area contributed by atoms with Gasteiger partial charge in [0, 0.05) is 11.5 Å². The molecule has 2 aromatic rings. The number of H-pyrrole nitrogens is 1. The molecule has 0 aliphatic heterocycles. The first-order valence-electron chi connectivity index (χ1n) is 8.49. The van der Waals surface area contributed by atoms with Gasteiger partial charge in [-0.1, -0.05) is 0 Å². The van der Waals surface area contributed by atoms with Gasteiger partial charge in [0.05, 0.1) is 33.0 Å². The second-order valence-corrected chi connectivity index (χ2v) is 6.82. The molecule has 0 saturated carbocycles. The number of esters is 1. The van der Waals surface area contributed by atoms with Crippen LogP contribution in [0, 0.1) is 0 Å². The average Bonchev–Trinajstić information content (AvgIpc) is 3.04. The van der Waals surface area contributed by atoms with E-state index in [1.54, 1.807) is 39.8 Å². The van der Waals surface area contributed by atoms with Crippen molar-refractivity contribution in [2.75, 3.05) is 21.3 Å². The Hall–Kier alpha value is -2.90. The molecule has 148 valence electrons. The summed E-state index contributed by atoms with van der Waals surface area (Å²) in [4.78, 5) is 27.9. The van der Waals surface area contributed by atoms with Crippen molar-refractivity contribution in [1.29, 1.82) is 0 Å². The third-order valence-corrected chi connectivity index (χ3v) is 3.96. The highest BCUT2D eigenvalue weighted by Crippen LogP contribution is 2.41. The second kappa shape index (κ2) is 7.77. The zero-order valence-corrected chi connectivity index (χ0v) is 16.7. The van der Waals surface area contributed by atoms with Crippen molar-refractivity contribution in [3.63, 3.8) is 0 Å². The maximum absolute atomic E-state index is 12.7. The molecule has 0 fully saturated rings. The van der Waals surface area contributed by atoms with E-state index < -0.39 is 17.4 Å². The maximum Gasteiger partial charge on any atom is 0.331 e. The summed E-state index contributed by atoms with van der Waals surface area (Å²) < 4.78 is 21.3. The highest BCUT2D eigenvalue weighted by atomic mass is 16.5. The summed E-state index contributed by atoms with van der Waals surface area (Å²) in [5.41, 5.74) is -0.383. The lowest BCUT2D eigenvalue weighted by Gasteiger charge is -2.25. The van der Waals surface area contributed by atoms with E-state index in [0.717, 1.165) is 0 Å². The van der Waals surface area contributed by atoms with E-state index in [1.807, 2.05) is 0 Å². The van der Waals surface area contributed by atoms with Crippen LogP contribution in [0.4, 0.5) is 0 Å². The number of rotatable bonds is 7. The van der Waals surface area contributed by atoms with Crippen LogP contribution in [0.3, 0.4) is 0 Å². The monoisotopic (exact) mass is 378 g/mol. The standard InChI is InChI=1S/C19H26N2O6/c1-10(2)27-18(23)19(3,4)21-17(22)12-8-11-13(24-5)9-14(25-6)16(26-7)15(11)20-12/h8-10,20H,1-7H3,(H,21,22). The fourth-order valence-electron chi connectivity index (χ4n) is 2.62. The third kappa shape index (κ3) is 4.10. The van der Waals surface area contributed by atoms with E-state index in [1.165, 1.54) is 21.3 Å². The van der Waals surface area contributed by atoms with Gasteiger partial charge in [0.1, 0.15) is 17.0 Å². The van der Waals surface area contributed by atoms with E-state index in [0.29, 0.717) is 28.2 Å². The molecule has 1 heterocycles. The molecule has 27 heavy (non-hydrogen) atoms. The predicted molar refractivity (Wildman–Crippen MR) is 101 cm³/mol. The molecule has 0 unspecified atom stereocenters. The average molecular weight is 378 g/mol. The van der Waals surface area contributed by atoms with Crippen LogP contribution in [0.5, 0.6) is 17.2 Å². The van der Waals surface area contributed by atoms with Crippen LogP contribution in [0.2, 0.25) is 0 Å². The van der Waals surface area contributed by atoms with Crippen molar-refractivity contribution in [2.24, 2.45) is 0 Å². The zero-order chi connectivity index (χ0) is 20.4. The number of methoxy groups -OCH3 is 3. The van der Waals surface area contributed by atoms with E-state index in [4.69, 9.17) is 18.9 Å². The molecule has 0 radical (unpaired) electrons. The topological polar surface area (TPSA) is 98.9 Å². The Morgan fingerprint density at radius 1 is 1.04 bits per heavy atom. The molecule has 2 rings (SSSR count). The van der Waals surface area contributed by atoms with Gasteiger partial charge in [-0.3, -0.25) is 4.79 Å². The molecule has 1 aromatic heterocycles. The van der Waals surface area contributed by atoms with Crippen molar-refractivity contribution < 1.29 is 28.5 Å². The van der Waals surface area contributed by atoms with E-state index in [-0.39, 0.29) is 11.8 Å². The quantitative estimate of drug-likeness (QED) is 0.719. The molecule has 0 aliphatic rings. The van der Waals surface area contributed by atoms with Crippen LogP contribution >= 0.6 is 0 Å². The highest BCUT2D eigenvalue weighted by molar-refractivity contribution is 6.03. The molecule has 0 atom stereocenters. The van der Waals surface area contributed by atoms with Crippen molar-refractivity contribution >= 4 is 22.8 Å². The van der Waals surface area contributed by atoms with Crippen LogP contribution in [0.1, 0.15) is 38.2 Å². The molecule has 0 bridgehead atoms. The zero-order valence-electron chi connectivity index (χ0n) is 16.7. The van der Waals surface area contributed by atoms with Crippen LogP contribution in [0.25, 0.3) is 10.9 Å². The van der Waals surface area contributed by atoms with E-state index in [2.05, 4.69) is 10.3 Å². The van der Waals surface area contributed by atoms with Crippen LogP contribution in [0.15, 0.2) is 12.1 Å². The Balaban J connectivity index is 2.41. The number of fused-ring (bicyclic) bond motifs is 1. The van der Waals surface area contributed by atoms with Gasteiger partial charge in [-0.25, -0.2) is 4.79 Å². The molecule has 0 aliphatic carbocycles. The SMILES string of the molecule is COc1cc(OC)c2cc(C(=O)NC(C)(C)C(=O)OC(C)C)[nH]c2c1OC. The Morgan fingerprint density at radius 3 is 2.19 bits per heavy atom. The van der Waals surface area contributed by atoms with E-state index >= 15 is 0 Å². The first kappa shape index (κ1) is 20.4. The van der Waals surface area contributed by atoms with Crippen molar-refractivity contribution in [2.45, 2.75) is 39.3 Å². The second-order valence-electron chi connectivity index (χ2n) is 6.82. The number of nitrogens with one attached hydrogen (secondary N) is 2. The molecule has 8 nitrogen and oxygen atoms in total. The first-order chi connectivity index (χ1) is 12.6. The minimum absolute atomic E-state index is 0.250. The Kier molecular flexibility index (Phi) is 5.88. The summed E-state index contributed by atoms with van der Waals surface area (Å²) in [6.45, 7) is 6.67. The number of carbonyl (C=O) groups is 2. The number of aromatic amines is 1. The summed E-state index contributed by atoms with van der Waals surface area (Å²) >= 11 is 0. The summed E-state index contributed by atoms with van der Waals surface area (Å²) in [5.74, 6) is 0.470. The van der Waals surface area contributed by atoms with Gasteiger partial charge in [0.15, 0.2) is 11.5 Å². The minimum atomic E-state index is -1.19. The maximum atomic E-state index is 12.7. The molecular weight excluding hydrogens is 352 g/mol. The van der Waals surface area contributed by atoms with Crippen molar-refractivity contribution in [1.82, 2.24) is 10.3 Å². The molecule has 0 saturated heterocycles. The number of benzene rings is 1. The van der Waals surface area contributed by atoms with Crippen molar-refractivity contribution in [3.8, 4) is 17.2 Å². The van der Waals surface area contributed by atoms with Crippen LogP contribution in [-0.2, 0) is 9.53 Å².